The van der Waals surface area contributed by atoms with Crippen LogP contribution in [-0.2, 0) is 9.59 Å². The minimum absolute atomic E-state index is 0.0727. The number of anilines is 2. The first-order valence-corrected chi connectivity index (χ1v) is 9.39. The molecule has 2 rings (SSSR count). The molecule has 5 nitrogen and oxygen atoms in total. The van der Waals surface area contributed by atoms with Crippen molar-refractivity contribution in [3.05, 3.63) is 52.5 Å². The minimum Gasteiger partial charge on any atom is -0.492 e. The minimum atomic E-state index is -0.131. The molecule has 0 aromatic heterocycles. The van der Waals surface area contributed by atoms with Gasteiger partial charge >= 0.3 is 0 Å². The monoisotopic (exact) mass is 408 g/mol. The van der Waals surface area contributed by atoms with E-state index in [9.17, 15) is 9.59 Å². The van der Waals surface area contributed by atoms with E-state index in [1.165, 1.54) is 0 Å². The molecule has 2 N–H and O–H groups in total. The fourth-order valence-electron chi connectivity index (χ4n) is 2.19. The lowest BCUT2D eigenvalue weighted by Gasteiger charge is -2.11. The van der Waals surface area contributed by atoms with Gasteiger partial charge in [-0.25, -0.2) is 0 Å². The lowest BCUT2D eigenvalue weighted by atomic mass is 10.2. The summed E-state index contributed by atoms with van der Waals surface area (Å²) in [5.74, 6) is 0.220. The molecule has 0 aliphatic heterocycles. The highest BCUT2D eigenvalue weighted by molar-refractivity contribution is 6.35. The third-order valence-electron chi connectivity index (χ3n) is 3.64. The summed E-state index contributed by atoms with van der Waals surface area (Å²) in [4.78, 5) is 23.8. The molecule has 0 unspecified atom stereocenters. The van der Waals surface area contributed by atoms with Crippen molar-refractivity contribution < 1.29 is 14.3 Å². The molecule has 2 amide bonds. The highest BCUT2D eigenvalue weighted by atomic mass is 35.5. The van der Waals surface area contributed by atoms with Crippen LogP contribution >= 0.6 is 23.2 Å². The maximum Gasteiger partial charge on any atom is 0.226 e. The quantitative estimate of drug-likeness (QED) is 0.575. The molecule has 0 aliphatic rings. The van der Waals surface area contributed by atoms with Crippen molar-refractivity contribution in [1.82, 2.24) is 0 Å². The lowest BCUT2D eigenvalue weighted by Crippen LogP contribution is -2.18. The van der Waals surface area contributed by atoms with Crippen molar-refractivity contribution in [2.45, 2.75) is 26.7 Å². The Labute approximate surface area is 169 Å². The summed E-state index contributed by atoms with van der Waals surface area (Å²) in [7, 11) is 0. The average Bonchev–Trinajstić information content (AvgIpc) is 2.60. The van der Waals surface area contributed by atoms with Gasteiger partial charge in [0.1, 0.15) is 5.75 Å². The highest BCUT2D eigenvalue weighted by Crippen LogP contribution is 2.27. The second kappa shape index (κ2) is 10.2. The van der Waals surface area contributed by atoms with Gasteiger partial charge in [0.2, 0.25) is 11.8 Å². The van der Waals surface area contributed by atoms with Crippen LogP contribution in [0.4, 0.5) is 11.4 Å². The molecule has 0 aliphatic carbocycles. The second-order valence-corrected chi connectivity index (χ2v) is 7.14. The van der Waals surface area contributed by atoms with Crippen LogP contribution in [0, 0.1) is 5.92 Å². The molecule has 0 bridgehead atoms. The molecule has 7 heteroatoms. The van der Waals surface area contributed by atoms with E-state index in [2.05, 4.69) is 10.6 Å². The number of ether oxygens (including phenoxy) is 1. The summed E-state index contributed by atoms with van der Waals surface area (Å²) in [6.45, 7) is 4.00. The predicted octanol–water partition coefficient (Wildman–Crippen LogP) is 5.39. The molecule has 2 aromatic rings. The normalized spacial score (nSPS) is 10.6. The van der Waals surface area contributed by atoms with E-state index >= 15 is 0 Å². The molecule has 0 fully saturated rings. The van der Waals surface area contributed by atoms with Crippen molar-refractivity contribution in [2.24, 2.45) is 5.92 Å². The SMILES string of the molecule is CC(C)C(=O)Nc1cccc(NC(=O)CCCOc2ccc(Cl)cc2Cl)c1. The Hall–Kier alpha value is -2.24. The zero-order valence-electron chi connectivity index (χ0n) is 15.2. The first kappa shape index (κ1) is 21.1. The molecule has 2 aromatic carbocycles. The molecular formula is C20H22Cl2N2O3. The Balaban J connectivity index is 1.77. The van der Waals surface area contributed by atoms with E-state index < -0.39 is 0 Å². The van der Waals surface area contributed by atoms with Crippen LogP contribution in [0.1, 0.15) is 26.7 Å². The van der Waals surface area contributed by atoms with Crippen LogP contribution < -0.4 is 15.4 Å². The zero-order chi connectivity index (χ0) is 19.8. The first-order valence-electron chi connectivity index (χ1n) is 8.64. The van der Waals surface area contributed by atoms with Crippen molar-refractivity contribution in [3.8, 4) is 5.75 Å². The van der Waals surface area contributed by atoms with Crippen LogP contribution in [0.25, 0.3) is 0 Å². The van der Waals surface area contributed by atoms with Gasteiger partial charge < -0.3 is 15.4 Å². The van der Waals surface area contributed by atoms with Gasteiger partial charge in [-0.2, -0.15) is 0 Å². The van der Waals surface area contributed by atoms with Gasteiger partial charge in [-0.1, -0.05) is 43.1 Å². The summed E-state index contributed by atoms with van der Waals surface area (Å²) in [6, 6.07) is 12.0. The van der Waals surface area contributed by atoms with E-state index in [1.807, 2.05) is 13.8 Å². The second-order valence-electron chi connectivity index (χ2n) is 6.30. The Bertz CT molecular complexity index is 810. The summed E-state index contributed by atoms with van der Waals surface area (Å²) in [6.07, 6.45) is 0.836. The summed E-state index contributed by atoms with van der Waals surface area (Å²) >= 11 is 11.9. The molecule has 0 heterocycles. The molecular weight excluding hydrogens is 387 g/mol. The van der Waals surface area contributed by atoms with E-state index in [4.69, 9.17) is 27.9 Å². The van der Waals surface area contributed by atoms with Crippen LogP contribution in [-0.4, -0.2) is 18.4 Å². The smallest absolute Gasteiger partial charge is 0.226 e. The van der Waals surface area contributed by atoms with Gasteiger partial charge in [0.15, 0.2) is 0 Å². The maximum atomic E-state index is 12.1. The van der Waals surface area contributed by atoms with Crippen molar-refractivity contribution in [3.63, 3.8) is 0 Å². The fourth-order valence-corrected chi connectivity index (χ4v) is 2.65. The molecule has 0 saturated heterocycles. The number of benzene rings is 2. The zero-order valence-corrected chi connectivity index (χ0v) is 16.7. The Morgan fingerprint density at radius 2 is 1.74 bits per heavy atom. The Morgan fingerprint density at radius 1 is 1.04 bits per heavy atom. The fraction of sp³-hybridized carbons (Fsp3) is 0.300. The molecule has 0 atom stereocenters. The summed E-state index contributed by atoms with van der Waals surface area (Å²) in [5, 5.41) is 6.59. The number of hydrogen-bond donors (Lipinski definition) is 2. The Kier molecular flexibility index (Phi) is 7.95. The third kappa shape index (κ3) is 7.12. The number of halogens is 2. The molecule has 27 heavy (non-hydrogen) atoms. The van der Waals surface area contributed by atoms with Gasteiger partial charge in [0.25, 0.3) is 0 Å². The number of hydrogen-bond acceptors (Lipinski definition) is 3. The van der Waals surface area contributed by atoms with Crippen LogP contribution in [0.3, 0.4) is 0 Å². The van der Waals surface area contributed by atoms with E-state index in [1.54, 1.807) is 42.5 Å². The van der Waals surface area contributed by atoms with E-state index in [0.717, 1.165) is 0 Å². The summed E-state index contributed by atoms with van der Waals surface area (Å²) in [5.41, 5.74) is 1.27. The van der Waals surface area contributed by atoms with Crippen molar-refractivity contribution in [2.75, 3.05) is 17.2 Å². The predicted molar refractivity (Wildman–Crippen MR) is 110 cm³/mol. The van der Waals surface area contributed by atoms with Gasteiger partial charge in [-0.3, -0.25) is 9.59 Å². The van der Waals surface area contributed by atoms with Crippen LogP contribution in [0.2, 0.25) is 10.0 Å². The molecule has 0 spiro atoms. The highest BCUT2D eigenvalue weighted by Gasteiger charge is 2.09. The number of nitrogens with one attached hydrogen (secondary N) is 2. The molecule has 144 valence electrons. The topological polar surface area (TPSA) is 67.4 Å². The number of carbonyl (C=O) groups excluding carboxylic acids is 2. The van der Waals surface area contributed by atoms with Gasteiger partial charge in [0, 0.05) is 28.7 Å². The van der Waals surface area contributed by atoms with Crippen molar-refractivity contribution in [1.29, 1.82) is 0 Å². The number of amides is 2. The standard InChI is InChI=1S/C20H22Cl2N2O3/c1-13(2)20(26)24-16-6-3-5-15(12-16)23-19(25)7-4-10-27-18-9-8-14(21)11-17(18)22/h3,5-6,8-9,11-13H,4,7,10H2,1-2H3,(H,23,25)(H,24,26). The largest absolute Gasteiger partial charge is 0.492 e. The van der Waals surface area contributed by atoms with Crippen LogP contribution in [0.15, 0.2) is 42.5 Å². The maximum absolute atomic E-state index is 12.1. The van der Waals surface area contributed by atoms with Gasteiger partial charge in [0.05, 0.1) is 11.6 Å². The third-order valence-corrected chi connectivity index (χ3v) is 4.17. The average molecular weight is 409 g/mol. The van der Waals surface area contributed by atoms with Crippen LogP contribution in [0.5, 0.6) is 5.75 Å². The van der Waals surface area contributed by atoms with Gasteiger partial charge in [-0.05, 0) is 42.8 Å². The number of rotatable bonds is 8. The Morgan fingerprint density at radius 3 is 2.41 bits per heavy atom. The van der Waals surface area contributed by atoms with E-state index in [-0.39, 0.29) is 17.7 Å². The molecule has 0 radical (unpaired) electrons. The molecule has 0 saturated carbocycles. The first-order chi connectivity index (χ1) is 12.8. The summed E-state index contributed by atoms with van der Waals surface area (Å²) < 4.78 is 5.56. The van der Waals surface area contributed by atoms with Crippen molar-refractivity contribution >= 4 is 46.4 Å². The lowest BCUT2D eigenvalue weighted by molar-refractivity contribution is -0.119. The number of carbonyl (C=O) groups is 2. The van der Waals surface area contributed by atoms with Gasteiger partial charge in [-0.15, -0.1) is 0 Å². The van der Waals surface area contributed by atoms with E-state index in [0.29, 0.717) is 46.6 Å².